The minimum Gasteiger partial charge on any atom is -0.494 e. The largest absolute Gasteiger partial charge is 0.494 e. The third-order valence-corrected chi connectivity index (χ3v) is 10.2. The summed E-state index contributed by atoms with van der Waals surface area (Å²) in [6.07, 6.45) is 6.15. The molecule has 3 aliphatic rings. The maximum absolute atomic E-state index is 14.9. The number of aryl methyl sites for hydroxylation is 1. The van der Waals surface area contributed by atoms with Gasteiger partial charge in [0.2, 0.25) is 11.8 Å². The second kappa shape index (κ2) is 14.2. The summed E-state index contributed by atoms with van der Waals surface area (Å²) < 4.78 is 12.5. The first-order valence-corrected chi connectivity index (χ1v) is 16.9. The lowest BCUT2D eigenvalue weighted by Crippen LogP contribution is -2.57. The van der Waals surface area contributed by atoms with E-state index in [4.69, 9.17) is 21.1 Å². The molecule has 2 bridgehead atoms. The molecule has 10 heteroatoms. The van der Waals surface area contributed by atoms with Crippen molar-refractivity contribution in [2.45, 2.75) is 70.1 Å². The lowest BCUT2D eigenvalue weighted by Gasteiger charge is -2.37. The Morgan fingerprint density at radius 3 is 2.40 bits per heavy atom. The summed E-state index contributed by atoms with van der Waals surface area (Å²) in [4.78, 5) is 49.1. The smallest absolute Gasteiger partial charge is 0.253 e. The fourth-order valence-electron chi connectivity index (χ4n) is 7.93. The number of rotatable bonds is 15. The van der Waals surface area contributed by atoms with Crippen molar-refractivity contribution in [1.82, 2.24) is 4.90 Å². The van der Waals surface area contributed by atoms with Crippen molar-refractivity contribution in [3.05, 3.63) is 78.4 Å². The zero-order valence-corrected chi connectivity index (χ0v) is 28.4. The standard InChI is InChI=1S/C37H46ClN3O6/c1-6-21-39(26-15-17-27(18-16-26)46-8-3)33(43)29-30-34(44)41(23-10-9-11-24-42)32(37(30)20-19-36(29,5)47-37)35(45)40(22-7-2)31-25(4)13-12-14-28(31)38/h6-7,12-18,29-30,32,42H,1-2,8-11,19-24H2,3-5H3/t29-,30+,32?,36+,37?/m1/s1. The number of unbranched alkanes of at least 4 members (excludes halogenated alkanes) is 2. The molecule has 1 spiro atoms. The van der Waals surface area contributed by atoms with Gasteiger partial charge in [0.05, 0.1) is 34.8 Å². The van der Waals surface area contributed by atoms with Crippen LogP contribution in [0.15, 0.2) is 67.8 Å². The van der Waals surface area contributed by atoms with Gasteiger partial charge >= 0.3 is 0 Å². The van der Waals surface area contributed by atoms with Crippen LogP contribution < -0.4 is 14.5 Å². The summed E-state index contributed by atoms with van der Waals surface area (Å²) in [5.74, 6) is -1.79. The zero-order chi connectivity index (χ0) is 33.9. The van der Waals surface area contributed by atoms with E-state index in [9.17, 15) is 19.5 Å². The molecule has 3 heterocycles. The van der Waals surface area contributed by atoms with Crippen LogP contribution in [0, 0.1) is 18.8 Å². The fraction of sp³-hybridized carbons (Fsp3) is 0.486. The molecule has 1 N–H and O–H groups in total. The van der Waals surface area contributed by atoms with E-state index < -0.39 is 29.1 Å². The molecule has 3 aliphatic heterocycles. The van der Waals surface area contributed by atoms with Gasteiger partial charge < -0.3 is 29.3 Å². The zero-order valence-electron chi connectivity index (χ0n) is 27.6. The van der Waals surface area contributed by atoms with Gasteiger partial charge in [0.15, 0.2) is 0 Å². The van der Waals surface area contributed by atoms with Crippen molar-refractivity contribution in [1.29, 1.82) is 0 Å². The Balaban J connectivity index is 1.57. The van der Waals surface area contributed by atoms with Crippen molar-refractivity contribution < 1.29 is 29.0 Å². The van der Waals surface area contributed by atoms with E-state index in [0.29, 0.717) is 67.4 Å². The maximum Gasteiger partial charge on any atom is 0.253 e. The number of likely N-dealkylation sites (tertiary alicyclic amines) is 1. The predicted molar refractivity (Wildman–Crippen MR) is 184 cm³/mol. The summed E-state index contributed by atoms with van der Waals surface area (Å²) in [5.41, 5.74) is -0.122. The molecule has 2 aromatic carbocycles. The number of aliphatic hydroxyl groups is 1. The highest BCUT2D eigenvalue weighted by Gasteiger charge is 2.78. The minimum atomic E-state index is -1.20. The van der Waals surface area contributed by atoms with Crippen LogP contribution in [0.25, 0.3) is 0 Å². The molecule has 2 unspecified atom stereocenters. The average molecular weight is 664 g/mol. The molecule has 3 saturated heterocycles. The first-order chi connectivity index (χ1) is 22.6. The van der Waals surface area contributed by atoms with Crippen molar-refractivity contribution >= 4 is 40.7 Å². The predicted octanol–water partition coefficient (Wildman–Crippen LogP) is 5.71. The highest BCUT2D eigenvalue weighted by molar-refractivity contribution is 6.34. The number of amides is 3. The third kappa shape index (κ3) is 6.09. The highest BCUT2D eigenvalue weighted by Crippen LogP contribution is 2.63. The molecule has 0 aromatic heterocycles. The fourth-order valence-corrected chi connectivity index (χ4v) is 8.26. The van der Waals surface area contributed by atoms with Gasteiger partial charge in [-0.1, -0.05) is 35.9 Å². The summed E-state index contributed by atoms with van der Waals surface area (Å²) in [7, 11) is 0. The molecule has 0 saturated carbocycles. The number of hydrogen-bond donors (Lipinski definition) is 1. The number of aliphatic hydroxyl groups excluding tert-OH is 1. The van der Waals surface area contributed by atoms with Crippen LogP contribution in [0.2, 0.25) is 5.02 Å². The minimum absolute atomic E-state index is 0.0461. The van der Waals surface area contributed by atoms with Crippen molar-refractivity contribution in [2.75, 3.05) is 42.6 Å². The molecule has 0 radical (unpaired) electrons. The van der Waals surface area contributed by atoms with E-state index in [2.05, 4.69) is 13.2 Å². The Morgan fingerprint density at radius 1 is 1.06 bits per heavy atom. The number of carbonyl (C=O) groups is 3. The van der Waals surface area contributed by atoms with Crippen molar-refractivity contribution in [3.8, 4) is 5.75 Å². The molecule has 0 aliphatic carbocycles. The normalized spacial score (nSPS) is 25.9. The number of fused-ring (bicyclic) bond motifs is 1. The lowest BCUT2D eigenvalue weighted by atomic mass is 9.66. The number of halogens is 1. The number of nitrogens with zero attached hydrogens (tertiary/aromatic N) is 3. The van der Waals surface area contributed by atoms with Gasteiger partial charge in [-0.05, 0) is 88.8 Å². The maximum atomic E-state index is 14.9. The van der Waals surface area contributed by atoms with Gasteiger partial charge in [0.1, 0.15) is 17.4 Å². The third-order valence-electron chi connectivity index (χ3n) is 9.91. The van der Waals surface area contributed by atoms with Crippen LogP contribution in [0.3, 0.4) is 0 Å². The Hall–Kier alpha value is -3.66. The van der Waals surface area contributed by atoms with E-state index in [1.807, 2.05) is 57.2 Å². The highest BCUT2D eigenvalue weighted by atomic mass is 35.5. The average Bonchev–Trinajstić information content (AvgIpc) is 3.62. The summed E-state index contributed by atoms with van der Waals surface area (Å²) >= 11 is 6.69. The van der Waals surface area contributed by atoms with Gasteiger partial charge in [-0.15, -0.1) is 13.2 Å². The van der Waals surface area contributed by atoms with E-state index >= 15 is 0 Å². The van der Waals surface area contributed by atoms with E-state index in [1.165, 1.54) is 0 Å². The van der Waals surface area contributed by atoms with Crippen molar-refractivity contribution in [2.24, 2.45) is 11.8 Å². The second-order valence-electron chi connectivity index (χ2n) is 12.9. The van der Waals surface area contributed by atoms with Crippen LogP contribution in [-0.4, -0.2) is 77.8 Å². The second-order valence-corrected chi connectivity index (χ2v) is 13.3. The monoisotopic (exact) mass is 663 g/mol. The first kappa shape index (κ1) is 34.7. The first-order valence-electron chi connectivity index (χ1n) is 16.5. The molecule has 9 nitrogen and oxygen atoms in total. The van der Waals surface area contributed by atoms with Gasteiger partial charge in [0.25, 0.3) is 5.91 Å². The number of benzene rings is 2. The number of carbonyl (C=O) groups excluding carboxylic acids is 3. The van der Waals surface area contributed by atoms with Crippen LogP contribution >= 0.6 is 11.6 Å². The Morgan fingerprint density at radius 2 is 1.77 bits per heavy atom. The Kier molecular flexibility index (Phi) is 10.5. The molecule has 47 heavy (non-hydrogen) atoms. The molecule has 5 atom stereocenters. The quantitative estimate of drug-likeness (QED) is 0.194. The van der Waals surface area contributed by atoms with E-state index in [1.54, 1.807) is 32.9 Å². The lowest BCUT2D eigenvalue weighted by molar-refractivity contribution is -0.144. The van der Waals surface area contributed by atoms with Crippen LogP contribution in [0.1, 0.15) is 51.5 Å². The number of ether oxygens (including phenoxy) is 2. The summed E-state index contributed by atoms with van der Waals surface area (Å²) in [6, 6.07) is 11.8. The van der Waals surface area contributed by atoms with E-state index in [0.717, 1.165) is 5.56 Å². The molecular weight excluding hydrogens is 618 g/mol. The van der Waals surface area contributed by atoms with Crippen LogP contribution in [0.5, 0.6) is 5.75 Å². The molecule has 5 rings (SSSR count). The Labute approximate surface area is 282 Å². The number of hydrogen-bond acceptors (Lipinski definition) is 6. The molecule has 252 valence electrons. The van der Waals surface area contributed by atoms with Gasteiger partial charge in [-0.3, -0.25) is 14.4 Å². The topological polar surface area (TPSA) is 99.6 Å². The molecule has 3 fully saturated rings. The molecule has 2 aromatic rings. The van der Waals surface area contributed by atoms with Gasteiger partial charge in [-0.2, -0.15) is 0 Å². The van der Waals surface area contributed by atoms with E-state index in [-0.39, 0.29) is 37.4 Å². The number of anilines is 2. The molecule has 3 amide bonds. The van der Waals surface area contributed by atoms with Crippen LogP contribution in [-0.2, 0) is 19.1 Å². The van der Waals surface area contributed by atoms with Gasteiger partial charge in [-0.25, -0.2) is 0 Å². The summed E-state index contributed by atoms with van der Waals surface area (Å²) in [5, 5.41) is 9.81. The molecular formula is C37H46ClN3O6. The van der Waals surface area contributed by atoms with Crippen molar-refractivity contribution in [3.63, 3.8) is 0 Å². The SMILES string of the molecule is C=CCN(C(=O)[C@H]1[C@H]2C(=O)N(CCCCCO)C(C(=O)N(CC=C)c3c(C)cccc3Cl)C23CC[C@]1(C)O3)c1ccc(OCC)cc1. The Bertz CT molecular complexity index is 1490. The van der Waals surface area contributed by atoms with Crippen LogP contribution in [0.4, 0.5) is 11.4 Å². The number of para-hydroxylation sites is 1. The van der Waals surface area contributed by atoms with Gasteiger partial charge in [0, 0.05) is 31.9 Å². The summed E-state index contributed by atoms with van der Waals surface area (Å²) in [6.45, 7) is 14.8.